The van der Waals surface area contributed by atoms with Crippen molar-refractivity contribution in [2.75, 3.05) is 0 Å². The number of carbonyl (C=O) groups is 1. The van der Waals surface area contributed by atoms with E-state index in [-0.39, 0.29) is 0 Å². The van der Waals surface area contributed by atoms with Crippen LogP contribution in [0.4, 0.5) is 0 Å². The van der Waals surface area contributed by atoms with Gasteiger partial charge in [0, 0.05) is 6.42 Å². The minimum atomic E-state index is 0.310. The van der Waals surface area contributed by atoms with E-state index in [0.717, 1.165) is 6.29 Å². The molecule has 0 amide bonds. The lowest BCUT2D eigenvalue weighted by Crippen LogP contribution is -1.94. The number of aldehydes is 1. The van der Waals surface area contributed by atoms with Crippen molar-refractivity contribution in [3.63, 3.8) is 0 Å². The third kappa shape index (κ3) is 4.01. The zero-order chi connectivity index (χ0) is 12.0. The predicted molar refractivity (Wildman–Crippen MR) is 69.4 cm³/mol. The van der Waals surface area contributed by atoms with Crippen LogP contribution in [0.5, 0.6) is 0 Å². The summed E-state index contributed by atoms with van der Waals surface area (Å²) in [5.41, 5.74) is 2.45. The first-order valence-corrected chi connectivity index (χ1v) is 5.85. The Morgan fingerprint density at radius 3 is 2.62 bits per heavy atom. The van der Waals surface area contributed by atoms with Crippen LogP contribution in [-0.4, -0.2) is 6.29 Å². The van der Waals surface area contributed by atoms with Gasteiger partial charge >= 0.3 is 0 Å². The number of allylic oxidation sites excluding steroid dienone is 1. The quantitative estimate of drug-likeness (QED) is 0.679. The van der Waals surface area contributed by atoms with Crippen LogP contribution in [0.3, 0.4) is 0 Å². The molecule has 86 valence electrons. The lowest BCUT2D eigenvalue weighted by molar-refractivity contribution is -0.108. The molecule has 1 atom stereocenters. The molecule has 1 unspecified atom stereocenters. The number of rotatable bonds is 5. The van der Waals surface area contributed by atoms with Crippen LogP contribution in [0.25, 0.3) is 6.08 Å². The first kappa shape index (κ1) is 12.7. The topological polar surface area (TPSA) is 17.1 Å². The molecule has 0 bridgehead atoms. The van der Waals surface area contributed by atoms with Gasteiger partial charge in [0.25, 0.3) is 0 Å². The van der Waals surface area contributed by atoms with Crippen LogP contribution in [0, 0.1) is 5.92 Å². The molecule has 0 aliphatic rings. The highest BCUT2D eigenvalue weighted by molar-refractivity contribution is 5.54. The average molecular weight is 216 g/mol. The molecule has 0 spiro atoms. The largest absolute Gasteiger partial charge is 0.303 e. The summed E-state index contributed by atoms with van der Waals surface area (Å²) in [5, 5.41) is 0. The van der Waals surface area contributed by atoms with Gasteiger partial charge in [-0.15, -0.1) is 0 Å². The van der Waals surface area contributed by atoms with E-state index < -0.39 is 0 Å². The minimum absolute atomic E-state index is 0.310. The fourth-order valence-corrected chi connectivity index (χ4v) is 1.55. The summed E-state index contributed by atoms with van der Waals surface area (Å²) in [7, 11) is 0. The molecule has 0 aliphatic carbocycles. The maximum Gasteiger partial charge on any atom is 0.120 e. The van der Waals surface area contributed by atoms with Gasteiger partial charge in [-0.25, -0.2) is 0 Å². The first-order valence-electron chi connectivity index (χ1n) is 5.85. The maximum atomic E-state index is 10.5. The zero-order valence-electron chi connectivity index (χ0n) is 10.3. The van der Waals surface area contributed by atoms with Crippen molar-refractivity contribution in [2.24, 2.45) is 5.92 Å². The molecule has 0 fully saturated rings. The molecule has 0 aliphatic heterocycles. The lowest BCUT2D eigenvalue weighted by atomic mass is 9.96. The Hall–Kier alpha value is -1.37. The third-order valence-electron chi connectivity index (χ3n) is 2.60. The Balaban J connectivity index is 2.82. The van der Waals surface area contributed by atoms with E-state index in [2.05, 4.69) is 57.2 Å². The SMILES string of the molecule is CC(C)/C=C\c1cccc(C(C)CC=O)c1. The Bertz CT molecular complexity index is 363. The summed E-state index contributed by atoms with van der Waals surface area (Å²) in [6.07, 6.45) is 5.91. The van der Waals surface area contributed by atoms with Crippen molar-refractivity contribution in [1.82, 2.24) is 0 Å². The summed E-state index contributed by atoms with van der Waals surface area (Å²) in [4.78, 5) is 10.5. The Labute approximate surface area is 98.2 Å². The second-order valence-electron chi connectivity index (χ2n) is 4.58. The second kappa shape index (κ2) is 6.26. The number of carbonyl (C=O) groups excluding carboxylic acids is 1. The molecule has 0 saturated carbocycles. The molecule has 1 aromatic carbocycles. The van der Waals surface area contributed by atoms with E-state index in [1.165, 1.54) is 11.1 Å². The normalized spacial score (nSPS) is 13.2. The Morgan fingerprint density at radius 2 is 2.00 bits per heavy atom. The maximum absolute atomic E-state index is 10.5. The second-order valence-corrected chi connectivity index (χ2v) is 4.58. The minimum Gasteiger partial charge on any atom is -0.303 e. The smallest absolute Gasteiger partial charge is 0.120 e. The van der Waals surface area contributed by atoms with Crippen LogP contribution >= 0.6 is 0 Å². The van der Waals surface area contributed by atoms with Gasteiger partial charge in [0.2, 0.25) is 0 Å². The lowest BCUT2D eigenvalue weighted by Gasteiger charge is -2.08. The van der Waals surface area contributed by atoms with E-state index >= 15 is 0 Å². The van der Waals surface area contributed by atoms with Crippen LogP contribution < -0.4 is 0 Å². The Kier molecular flexibility index (Phi) is 4.97. The van der Waals surface area contributed by atoms with Gasteiger partial charge in [0.1, 0.15) is 6.29 Å². The molecule has 1 heteroatoms. The molecule has 1 rings (SSSR count). The van der Waals surface area contributed by atoms with Crippen LogP contribution in [0.1, 0.15) is 44.2 Å². The molecule has 1 nitrogen and oxygen atoms in total. The average Bonchev–Trinajstić information content (AvgIpc) is 2.27. The molecule has 0 aromatic heterocycles. The Morgan fingerprint density at radius 1 is 1.25 bits per heavy atom. The molecule has 0 saturated heterocycles. The molecular weight excluding hydrogens is 196 g/mol. The number of hydrogen-bond donors (Lipinski definition) is 0. The number of hydrogen-bond acceptors (Lipinski definition) is 1. The summed E-state index contributed by atoms with van der Waals surface area (Å²) in [6.45, 7) is 6.41. The fraction of sp³-hybridized carbons (Fsp3) is 0.400. The van der Waals surface area contributed by atoms with Crippen molar-refractivity contribution < 1.29 is 4.79 Å². The van der Waals surface area contributed by atoms with Gasteiger partial charge in [0.15, 0.2) is 0 Å². The molecule has 0 N–H and O–H groups in total. The summed E-state index contributed by atoms with van der Waals surface area (Å²) in [5.74, 6) is 0.876. The fourth-order valence-electron chi connectivity index (χ4n) is 1.55. The van der Waals surface area contributed by atoms with E-state index in [1.807, 2.05) is 0 Å². The van der Waals surface area contributed by atoms with Gasteiger partial charge in [-0.1, -0.05) is 57.2 Å². The van der Waals surface area contributed by atoms with E-state index in [1.54, 1.807) is 0 Å². The first-order chi connectivity index (χ1) is 7.63. The van der Waals surface area contributed by atoms with Crippen molar-refractivity contribution in [1.29, 1.82) is 0 Å². The van der Waals surface area contributed by atoms with Crippen LogP contribution in [0.2, 0.25) is 0 Å². The van der Waals surface area contributed by atoms with Crippen molar-refractivity contribution in [3.8, 4) is 0 Å². The predicted octanol–water partition coefficient (Wildman–Crippen LogP) is 4.05. The van der Waals surface area contributed by atoms with Gasteiger partial charge in [-0.2, -0.15) is 0 Å². The summed E-state index contributed by atoms with van der Waals surface area (Å²) in [6, 6.07) is 8.39. The monoisotopic (exact) mass is 216 g/mol. The molecule has 16 heavy (non-hydrogen) atoms. The zero-order valence-corrected chi connectivity index (χ0v) is 10.3. The molecule has 1 aromatic rings. The molecule has 0 heterocycles. The highest BCUT2D eigenvalue weighted by Crippen LogP contribution is 2.19. The van der Waals surface area contributed by atoms with Gasteiger partial charge in [0.05, 0.1) is 0 Å². The van der Waals surface area contributed by atoms with Gasteiger partial charge < -0.3 is 4.79 Å². The molecule has 0 radical (unpaired) electrons. The summed E-state index contributed by atoms with van der Waals surface area (Å²) < 4.78 is 0. The van der Waals surface area contributed by atoms with Crippen molar-refractivity contribution in [2.45, 2.75) is 33.1 Å². The van der Waals surface area contributed by atoms with Crippen LogP contribution in [-0.2, 0) is 4.79 Å². The van der Waals surface area contributed by atoms with Crippen molar-refractivity contribution in [3.05, 3.63) is 41.5 Å². The highest BCUT2D eigenvalue weighted by atomic mass is 16.1. The standard InChI is InChI=1S/C15H20O/c1-12(2)7-8-14-5-4-6-15(11-14)13(3)9-10-16/h4-8,10-13H,9H2,1-3H3/b8-7-. The molecular formula is C15H20O. The summed E-state index contributed by atoms with van der Waals surface area (Å²) >= 11 is 0. The highest BCUT2D eigenvalue weighted by Gasteiger charge is 2.04. The van der Waals surface area contributed by atoms with E-state index in [9.17, 15) is 4.79 Å². The third-order valence-corrected chi connectivity index (χ3v) is 2.60. The van der Waals surface area contributed by atoms with E-state index in [4.69, 9.17) is 0 Å². The van der Waals surface area contributed by atoms with Crippen LogP contribution in [0.15, 0.2) is 30.3 Å². The van der Waals surface area contributed by atoms with E-state index in [0.29, 0.717) is 18.3 Å². The van der Waals surface area contributed by atoms with Crippen molar-refractivity contribution >= 4 is 12.4 Å². The van der Waals surface area contributed by atoms with Gasteiger partial charge in [-0.05, 0) is 23.0 Å². The van der Waals surface area contributed by atoms with Gasteiger partial charge in [-0.3, -0.25) is 0 Å². The number of benzene rings is 1.